The van der Waals surface area contributed by atoms with Crippen molar-refractivity contribution in [2.24, 2.45) is 0 Å². The zero-order chi connectivity index (χ0) is 18.7. The number of benzene rings is 1. The first kappa shape index (κ1) is 19.7. The zero-order valence-corrected chi connectivity index (χ0v) is 17.0. The van der Waals surface area contributed by atoms with E-state index in [0.717, 1.165) is 37.4 Å². The maximum absolute atomic E-state index is 12.6. The van der Waals surface area contributed by atoms with Crippen molar-refractivity contribution in [3.63, 3.8) is 0 Å². The summed E-state index contributed by atoms with van der Waals surface area (Å²) in [5.74, 6) is -0.762. The van der Waals surface area contributed by atoms with Gasteiger partial charge in [0.15, 0.2) is 0 Å². The van der Waals surface area contributed by atoms with Crippen LogP contribution in [-0.2, 0) is 14.3 Å². The molecule has 3 rings (SSSR count). The maximum Gasteiger partial charge on any atom is 0.326 e. The third kappa shape index (κ3) is 4.60. The standard InChI is InChI=1S/C18H17Cl2NO3S2/c19-13-7-4-8-14(20)12(13)9-15-17(23)21(18(25)26-15)10-16(22)24-11-5-2-1-3-6-11/h4,7-9,11H,1-3,5-6,10H2/b15-9-. The Morgan fingerprint density at radius 3 is 2.58 bits per heavy atom. The van der Waals surface area contributed by atoms with Crippen molar-refractivity contribution in [3.05, 3.63) is 38.7 Å². The van der Waals surface area contributed by atoms with Crippen molar-refractivity contribution in [2.75, 3.05) is 6.54 Å². The van der Waals surface area contributed by atoms with Crippen molar-refractivity contribution in [1.82, 2.24) is 4.90 Å². The van der Waals surface area contributed by atoms with Crippen molar-refractivity contribution in [1.29, 1.82) is 0 Å². The molecule has 0 spiro atoms. The van der Waals surface area contributed by atoms with Gasteiger partial charge in [0, 0.05) is 15.6 Å². The van der Waals surface area contributed by atoms with Gasteiger partial charge in [-0.05, 0) is 43.9 Å². The molecule has 8 heteroatoms. The molecule has 1 aromatic rings. The van der Waals surface area contributed by atoms with E-state index in [9.17, 15) is 9.59 Å². The van der Waals surface area contributed by atoms with Crippen LogP contribution in [0.2, 0.25) is 10.0 Å². The Hall–Kier alpha value is -1.08. The number of thioether (sulfide) groups is 1. The molecule has 1 amide bonds. The Morgan fingerprint density at radius 1 is 1.27 bits per heavy atom. The molecular formula is C18H17Cl2NO3S2. The molecule has 2 aliphatic rings. The Bertz CT molecular complexity index is 755. The van der Waals surface area contributed by atoms with Gasteiger partial charge in [-0.1, -0.05) is 59.7 Å². The fraction of sp³-hybridized carbons (Fsp3) is 0.389. The van der Waals surface area contributed by atoms with E-state index >= 15 is 0 Å². The molecule has 1 aliphatic heterocycles. The van der Waals surface area contributed by atoms with E-state index in [-0.39, 0.29) is 18.6 Å². The predicted molar refractivity (Wildman–Crippen MR) is 109 cm³/mol. The minimum Gasteiger partial charge on any atom is -0.461 e. The number of halogens is 2. The van der Waals surface area contributed by atoms with Crippen LogP contribution >= 0.6 is 47.2 Å². The monoisotopic (exact) mass is 429 g/mol. The summed E-state index contributed by atoms with van der Waals surface area (Å²) in [5.41, 5.74) is 0.557. The fourth-order valence-corrected chi connectivity index (χ4v) is 4.69. The van der Waals surface area contributed by atoms with Crippen LogP contribution in [0.25, 0.3) is 6.08 Å². The smallest absolute Gasteiger partial charge is 0.326 e. The van der Waals surface area contributed by atoms with Crippen LogP contribution in [0, 0.1) is 0 Å². The number of ether oxygens (including phenoxy) is 1. The Labute approximate surface area is 171 Å². The molecule has 1 saturated heterocycles. The summed E-state index contributed by atoms with van der Waals surface area (Å²) in [7, 11) is 0. The average Bonchev–Trinajstić information content (AvgIpc) is 2.86. The fourth-order valence-electron chi connectivity index (χ4n) is 2.95. The second-order valence-corrected chi connectivity index (χ2v) is 8.64. The van der Waals surface area contributed by atoms with Gasteiger partial charge in [0.2, 0.25) is 0 Å². The minimum atomic E-state index is -0.426. The molecule has 2 fully saturated rings. The van der Waals surface area contributed by atoms with Crippen molar-refractivity contribution in [3.8, 4) is 0 Å². The van der Waals surface area contributed by atoms with Crippen LogP contribution in [0.5, 0.6) is 0 Å². The summed E-state index contributed by atoms with van der Waals surface area (Å²) in [6.07, 6.45) is 6.64. The van der Waals surface area contributed by atoms with Gasteiger partial charge in [0.25, 0.3) is 5.91 Å². The van der Waals surface area contributed by atoms with Crippen LogP contribution in [0.15, 0.2) is 23.1 Å². The van der Waals surface area contributed by atoms with E-state index in [1.165, 1.54) is 11.3 Å². The number of carbonyl (C=O) groups is 2. The topological polar surface area (TPSA) is 46.6 Å². The second kappa shape index (κ2) is 8.74. The van der Waals surface area contributed by atoms with Crippen molar-refractivity contribution < 1.29 is 14.3 Å². The highest BCUT2D eigenvalue weighted by Crippen LogP contribution is 2.35. The second-order valence-electron chi connectivity index (χ2n) is 6.15. The molecule has 1 aliphatic carbocycles. The van der Waals surface area contributed by atoms with Crippen LogP contribution in [0.1, 0.15) is 37.7 Å². The maximum atomic E-state index is 12.6. The Morgan fingerprint density at radius 2 is 1.92 bits per heavy atom. The highest BCUT2D eigenvalue weighted by Gasteiger charge is 2.34. The number of rotatable bonds is 4. The van der Waals surface area contributed by atoms with Crippen LogP contribution in [0.4, 0.5) is 0 Å². The van der Waals surface area contributed by atoms with Gasteiger partial charge in [-0.2, -0.15) is 0 Å². The molecule has 1 aromatic carbocycles. The van der Waals surface area contributed by atoms with E-state index in [0.29, 0.717) is 24.8 Å². The van der Waals surface area contributed by atoms with E-state index in [4.69, 9.17) is 40.2 Å². The minimum absolute atomic E-state index is 0.0490. The third-order valence-corrected chi connectivity index (χ3v) is 6.32. The molecule has 4 nitrogen and oxygen atoms in total. The van der Waals surface area contributed by atoms with Gasteiger partial charge in [-0.3, -0.25) is 14.5 Å². The molecule has 0 bridgehead atoms. The summed E-state index contributed by atoms with van der Waals surface area (Å²) < 4.78 is 5.80. The van der Waals surface area contributed by atoms with Gasteiger partial charge in [-0.25, -0.2) is 0 Å². The number of carbonyl (C=O) groups excluding carboxylic acids is 2. The Kier molecular flexibility index (Phi) is 6.61. The largest absolute Gasteiger partial charge is 0.461 e. The van der Waals surface area contributed by atoms with E-state index in [1.54, 1.807) is 24.3 Å². The lowest BCUT2D eigenvalue weighted by atomic mass is 9.98. The molecule has 0 unspecified atom stereocenters. The lowest BCUT2D eigenvalue weighted by molar-refractivity contribution is -0.152. The summed E-state index contributed by atoms with van der Waals surface area (Å²) in [6.45, 7) is -0.172. The van der Waals surface area contributed by atoms with E-state index < -0.39 is 5.97 Å². The predicted octanol–water partition coefficient (Wildman–Crippen LogP) is 5.07. The molecule has 0 aromatic heterocycles. The number of amides is 1. The highest BCUT2D eigenvalue weighted by atomic mass is 35.5. The molecule has 1 saturated carbocycles. The molecule has 0 atom stereocenters. The number of hydrogen-bond donors (Lipinski definition) is 0. The first-order valence-electron chi connectivity index (χ1n) is 8.34. The lowest BCUT2D eigenvalue weighted by Gasteiger charge is -2.23. The van der Waals surface area contributed by atoms with Gasteiger partial charge in [0.05, 0.1) is 4.91 Å². The average molecular weight is 430 g/mol. The molecule has 0 N–H and O–H groups in total. The lowest BCUT2D eigenvalue weighted by Crippen LogP contribution is -2.36. The molecule has 26 heavy (non-hydrogen) atoms. The normalized spacial score (nSPS) is 20.1. The first-order chi connectivity index (χ1) is 12.5. The molecule has 138 valence electrons. The molecular weight excluding hydrogens is 413 g/mol. The number of nitrogens with zero attached hydrogens (tertiary/aromatic N) is 1. The summed E-state index contributed by atoms with van der Waals surface area (Å²) in [6, 6.07) is 5.12. The number of hydrogen-bond acceptors (Lipinski definition) is 5. The molecule has 1 heterocycles. The van der Waals surface area contributed by atoms with Crippen molar-refractivity contribution in [2.45, 2.75) is 38.2 Å². The first-order valence-corrected chi connectivity index (χ1v) is 10.3. The summed E-state index contributed by atoms with van der Waals surface area (Å²) in [5, 5.41) is 0.888. The zero-order valence-electron chi connectivity index (χ0n) is 13.9. The Balaban J connectivity index is 1.68. The van der Waals surface area contributed by atoms with Gasteiger partial charge >= 0.3 is 5.97 Å². The van der Waals surface area contributed by atoms with Gasteiger partial charge in [-0.15, -0.1) is 0 Å². The van der Waals surface area contributed by atoms with Crippen LogP contribution in [-0.4, -0.2) is 33.7 Å². The van der Waals surface area contributed by atoms with Crippen molar-refractivity contribution >= 4 is 69.5 Å². The van der Waals surface area contributed by atoms with Gasteiger partial charge in [0.1, 0.15) is 17.0 Å². The summed E-state index contributed by atoms with van der Waals surface area (Å²) in [4.78, 5) is 26.5. The number of thiocarbonyl (C=S) groups is 1. The van der Waals surface area contributed by atoms with E-state index in [2.05, 4.69) is 0 Å². The summed E-state index contributed by atoms with van der Waals surface area (Å²) >= 11 is 18.7. The van der Waals surface area contributed by atoms with E-state index in [1.807, 2.05) is 0 Å². The van der Waals surface area contributed by atoms with Gasteiger partial charge < -0.3 is 4.74 Å². The highest BCUT2D eigenvalue weighted by molar-refractivity contribution is 8.26. The van der Waals surface area contributed by atoms with Crippen LogP contribution in [0.3, 0.4) is 0 Å². The SMILES string of the molecule is O=C(CN1C(=O)/C(=C/c2c(Cl)cccc2Cl)SC1=S)OC1CCCCC1. The quantitative estimate of drug-likeness (QED) is 0.379. The number of esters is 1. The molecule has 0 radical (unpaired) electrons. The third-order valence-electron chi connectivity index (χ3n) is 4.29. The van der Waals surface area contributed by atoms with Crippen LogP contribution < -0.4 is 0 Å².